The van der Waals surface area contributed by atoms with Crippen LogP contribution < -0.4 is 31.5 Å². The van der Waals surface area contributed by atoms with Crippen LogP contribution in [0.4, 0.5) is 39.3 Å². The van der Waals surface area contributed by atoms with Gasteiger partial charge in [-0.05, 0) is 54.1 Å². The molecule has 0 unspecified atom stereocenters. The first-order chi connectivity index (χ1) is 23.9. The molecule has 0 radical (unpaired) electrons. The molecule has 5 rings (SSSR count). The van der Waals surface area contributed by atoms with Gasteiger partial charge in [0.2, 0.25) is 17.8 Å². The number of carbonyl (C=O) groups is 1. The molecule has 0 aliphatic carbocycles. The Labute approximate surface area is 282 Å². The molecule has 258 valence electrons. The van der Waals surface area contributed by atoms with Gasteiger partial charge in [0.15, 0.2) is 0 Å². The molecule has 0 spiro atoms. The number of nitrogens with one attached hydrogen (secondary N) is 3. The molecule has 1 saturated heterocycles. The lowest BCUT2D eigenvalue weighted by Gasteiger charge is -2.36. The van der Waals surface area contributed by atoms with E-state index in [0.29, 0.717) is 101 Å². The quantitative estimate of drug-likeness (QED) is 0.0727. The third-order valence-corrected chi connectivity index (χ3v) is 7.55. The van der Waals surface area contributed by atoms with Crippen molar-refractivity contribution in [3.8, 4) is 0 Å². The van der Waals surface area contributed by atoms with Crippen molar-refractivity contribution in [2.24, 2.45) is 5.73 Å². The summed E-state index contributed by atoms with van der Waals surface area (Å²) in [5, 5.41) is 20.3. The van der Waals surface area contributed by atoms with E-state index in [0.717, 1.165) is 11.3 Å². The van der Waals surface area contributed by atoms with E-state index < -0.39 is 4.92 Å². The number of ether oxygens (including phenoxy) is 2. The van der Waals surface area contributed by atoms with Crippen molar-refractivity contribution in [3.05, 3.63) is 99.9 Å². The number of rotatable bonds is 17. The summed E-state index contributed by atoms with van der Waals surface area (Å²) in [5.41, 5.74) is 8.34. The number of nitro groups is 1. The maximum absolute atomic E-state index is 13.4. The number of carbonyl (C=O) groups excluding carboxylic acids is 1. The zero-order chi connectivity index (χ0) is 34.4. The van der Waals surface area contributed by atoms with E-state index in [1.54, 1.807) is 48.5 Å². The highest BCUT2D eigenvalue weighted by atomic mass is 19.1. The fourth-order valence-electron chi connectivity index (χ4n) is 4.95. The Morgan fingerprint density at radius 3 is 2.16 bits per heavy atom. The van der Waals surface area contributed by atoms with Crippen LogP contribution in [-0.2, 0) is 16.0 Å². The number of benzene rings is 3. The van der Waals surface area contributed by atoms with Gasteiger partial charge in [0, 0.05) is 74.9 Å². The molecular formula is C33H39FN10O5. The van der Waals surface area contributed by atoms with E-state index in [9.17, 15) is 19.3 Å². The number of anilines is 5. The first-order valence-electron chi connectivity index (χ1n) is 15.9. The molecular weight excluding hydrogens is 635 g/mol. The first kappa shape index (κ1) is 34.9. The highest BCUT2D eigenvalue weighted by Gasteiger charge is 2.22. The summed E-state index contributed by atoms with van der Waals surface area (Å²) in [6, 6.07) is 19.6. The molecule has 3 aromatic carbocycles. The molecule has 0 atom stereocenters. The van der Waals surface area contributed by atoms with Crippen molar-refractivity contribution >= 4 is 40.8 Å². The van der Waals surface area contributed by atoms with E-state index in [1.807, 2.05) is 4.90 Å². The third kappa shape index (κ3) is 10.5. The van der Waals surface area contributed by atoms with Crippen LogP contribution in [-0.4, -0.2) is 91.5 Å². The predicted octanol–water partition coefficient (Wildman–Crippen LogP) is 3.32. The smallest absolute Gasteiger partial charge is 0.269 e. The number of non-ortho nitro benzene ring substituents is 1. The summed E-state index contributed by atoms with van der Waals surface area (Å²) in [6.45, 7) is 5.45. The number of halogens is 1. The largest absolute Gasteiger partial charge is 0.378 e. The van der Waals surface area contributed by atoms with Crippen molar-refractivity contribution in [2.75, 3.05) is 86.1 Å². The van der Waals surface area contributed by atoms with E-state index >= 15 is 0 Å². The van der Waals surface area contributed by atoms with Gasteiger partial charge in [0.25, 0.3) is 11.6 Å². The first-order valence-corrected chi connectivity index (χ1v) is 15.9. The highest BCUT2D eigenvalue weighted by molar-refractivity contribution is 5.94. The van der Waals surface area contributed by atoms with Crippen LogP contribution in [0.5, 0.6) is 0 Å². The Morgan fingerprint density at radius 1 is 0.837 bits per heavy atom. The van der Waals surface area contributed by atoms with Crippen LogP contribution >= 0.6 is 0 Å². The summed E-state index contributed by atoms with van der Waals surface area (Å²) in [7, 11) is 0. The molecule has 1 aliphatic rings. The SMILES string of the molecule is NCCOCCOCCNC(=O)c1ccc(Nc2nc(NCc3ccc(F)cc3)nc(N3CCN(c4ccc([N+](=O)[O-])cc4)CC3)n2)cc1. The Morgan fingerprint density at radius 2 is 1.49 bits per heavy atom. The number of hydrogen-bond acceptors (Lipinski definition) is 13. The summed E-state index contributed by atoms with van der Waals surface area (Å²) >= 11 is 0. The summed E-state index contributed by atoms with van der Waals surface area (Å²) in [5.74, 6) is 0.556. The van der Waals surface area contributed by atoms with Gasteiger partial charge < -0.3 is 41.0 Å². The number of piperazine rings is 1. The number of hydrogen-bond donors (Lipinski definition) is 4. The van der Waals surface area contributed by atoms with Crippen molar-refractivity contribution in [2.45, 2.75) is 6.54 Å². The number of nitro benzene ring substituents is 1. The second-order valence-electron chi connectivity index (χ2n) is 11.0. The molecule has 1 amide bonds. The monoisotopic (exact) mass is 674 g/mol. The van der Waals surface area contributed by atoms with Crippen LogP contribution in [0, 0.1) is 15.9 Å². The van der Waals surface area contributed by atoms with Crippen molar-refractivity contribution in [1.82, 2.24) is 20.3 Å². The second-order valence-corrected chi connectivity index (χ2v) is 11.0. The minimum atomic E-state index is -0.413. The van der Waals surface area contributed by atoms with Gasteiger partial charge in [0.1, 0.15) is 5.82 Å². The topological polar surface area (TPSA) is 186 Å². The van der Waals surface area contributed by atoms with Gasteiger partial charge in [-0.25, -0.2) is 4.39 Å². The van der Waals surface area contributed by atoms with Crippen LogP contribution in [0.2, 0.25) is 0 Å². The fraction of sp³-hybridized carbons (Fsp3) is 0.333. The minimum Gasteiger partial charge on any atom is -0.378 e. The molecule has 16 heteroatoms. The Bertz CT molecular complexity index is 1650. The van der Waals surface area contributed by atoms with Crippen molar-refractivity contribution < 1.29 is 23.6 Å². The number of nitrogens with two attached hydrogens (primary N) is 1. The third-order valence-electron chi connectivity index (χ3n) is 7.55. The lowest BCUT2D eigenvalue weighted by molar-refractivity contribution is -0.384. The highest BCUT2D eigenvalue weighted by Crippen LogP contribution is 2.24. The average Bonchev–Trinajstić information content (AvgIpc) is 3.13. The Kier molecular flexibility index (Phi) is 12.5. The lowest BCUT2D eigenvalue weighted by atomic mass is 10.2. The van der Waals surface area contributed by atoms with Crippen LogP contribution in [0.3, 0.4) is 0 Å². The predicted molar refractivity (Wildman–Crippen MR) is 184 cm³/mol. The van der Waals surface area contributed by atoms with E-state index in [-0.39, 0.29) is 17.4 Å². The van der Waals surface area contributed by atoms with Gasteiger partial charge >= 0.3 is 0 Å². The van der Waals surface area contributed by atoms with Gasteiger partial charge in [-0.2, -0.15) is 15.0 Å². The normalized spacial score (nSPS) is 12.9. The molecule has 15 nitrogen and oxygen atoms in total. The van der Waals surface area contributed by atoms with Gasteiger partial charge in [0.05, 0.1) is 31.4 Å². The van der Waals surface area contributed by atoms with Crippen molar-refractivity contribution in [3.63, 3.8) is 0 Å². The van der Waals surface area contributed by atoms with Crippen LogP contribution in [0.1, 0.15) is 15.9 Å². The number of nitrogens with zero attached hydrogens (tertiary/aromatic N) is 6. The molecule has 1 fully saturated rings. The summed E-state index contributed by atoms with van der Waals surface area (Å²) in [6.07, 6.45) is 0. The van der Waals surface area contributed by atoms with E-state index in [2.05, 4.69) is 35.8 Å². The molecule has 1 aromatic heterocycles. The molecule has 2 heterocycles. The molecule has 0 bridgehead atoms. The maximum atomic E-state index is 13.4. The average molecular weight is 675 g/mol. The fourth-order valence-corrected chi connectivity index (χ4v) is 4.95. The number of amides is 1. The van der Waals surface area contributed by atoms with Crippen LogP contribution in [0.15, 0.2) is 72.8 Å². The maximum Gasteiger partial charge on any atom is 0.269 e. The van der Waals surface area contributed by atoms with Crippen LogP contribution in [0.25, 0.3) is 0 Å². The Hall–Kier alpha value is -5.45. The van der Waals surface area contributed by atoms with E-state index in [4.69, 9.17) is 15.2 Å². The Balaban J connectivity index is 1.21. The molecule has 49 heavy (non-hydrogen) atoms. The zero-order valence-corrected chi connectivity index (χ0v) is 26.9. The number of aromatic nitrogens is 3. The summed E-state index contributed by atoms with van der Waals surface area (Å²) in [4.78, 5) is 41.3. The molecule has 1 aliphatic heterocycles. The zero-order valence-electron chi connectivity index (χ0n) is 26.9. The van der Waals surface area contributed by atoms with Gasteiger partial charge in [-0.3, -0.25) is 14.9 Å². The standard InChI is InChI=1S/C33H39FN10O5/c34-26-5-1-24(2-6-26)23-37-31-39-32(38-27-7-3-25(4-8-27)30(45)36-14-20-49-22-21-48-19-13-35)41-33(40-31)43-17-15-42(16-18-43)28-9-11-29(12-10-28)44(46)47/h1-12H,13-23,35H2,(H,36,45)(H2,37,38,39,40,41). The lowest BCUT2D eigenvalue weighted by Crippen LogP contribution is -2.47. The molecule has 4 aromatic rings. The van der Waals surface area contributed by atoms with E-state index in [1.165, 1.54) is 24.3 Å². The van der Waals surface area contributed by atoms with Gasteiger partial charge in [-0.1, -0.05) is 12.1 Å². The molecule has 5 N–H and O–H groups in total. The van der Waals surface area contributed by atoms with Gasteiger partial charge in [-0.15, -0.1) is 0 Å². The molecule has 0 saturated carbocycles. The minimum absolute atomic E-state index is 0.0494. The van der Waals surface area contributed by atoms with Crippen molar-refractivity contribution in [1.29, 1.82) is 0 Å². The second kappa shape index (κ2) is 17.6. The summed E-state index contributed by atoms with van der Waals surface area (Å²) < 4.78 is 24.1.